The molecule has 0 spiro atoms. The Labute approximate surface area is 156 Å². The highest BCUT2D eigenvalue weighted by Gasteiger charge is 2.14. The highest BCUT2D eigenvalue weighted by atomic mass is 32.2. The summed E-state index contributed by atoms with van der Waals surface area (Å²) < 4.78 is 15.6. The number of carbonyl (C=O) groups excluding carboxylic acids is 2. The lowest BCUT2D eigenvalue weighted by Gasteiger charge is -2.12. The van der Waals surface area contributed by atoms with Gasteiger partial charge >= 0.3 is 0 Å². The molecule has 0 heterocycles. The van der Waals surface area contributed by atoms with E-state index in [2.05, 4.69) is 10.9 Å². The van der Waals surface area contributed by atoms with Gasteiger partial charge in [0.15, 0.2) is 6.61 Å². The number of thioether (sulfide) groups is 1. The first-order chi connectivity index (χ1) is 12.6. The summed E-state index contributed by atoms with van der Waals surface area (Å²) in [5.74, 6) is 0.663. The summed E-state index contributed by atoms with van der Waals surface area (Å²) in [5.41, 5.74) is 4.97. The molecule has 0 aromatic heterocycles. The fourth-order valence-electron chi connectivity index (χ4n) is 2.04. The highest BCUT2D eigenvalue weighted by Crippen LogP contribution is 2.25. The van der Waals surface area contributed by atoms with Crippen LogP contribution in [-0.2, 0) is 4.79 Å². The minimum Gasteiger partial charge on any atom is -0.497 e. The maximum Gasteiger partial charge on any atom is 0.276 e. The van der Waals surface area contributed by atoms with Gasteiger partial charge in [0.25, 0.3) is 11.8 Å². The molecule has 2 aromatic carbocycles. The molecule has 0 bridgehead atoms. The second-order valence-electron chi connectivity index (χ2n) is 5.03. The topological polar surface area (TPSA) is 85.9 Å². The Bertz CT molecular complexity index is 765. The van der Waals surface area contributed by atoms with Crippen molar-refractivity contribution in [3.8, 4) is 17.2 Å². The molecular formula is C18H20N2O5S. The second kappa shape index (κ2) is 9.57. The summed E-state index contributed by atoms with van der Waals surface area (Å²) in [6.45, 7) is -0.241. The van der Waals surface area contributed by atoms with Crippen LogP contribution in [0.4, 0.5) is 0 Å². The number of hydrogen-bond donors (Lipinski definition) is 2. The molecule has 0 aliphatic heterocycles. The summed E-state index contributed by atoms with van der Waals surface area (Å²) in [6, 6.07) is 12.0. The third-order valence-corrected chi connectivity index (χ3v) is 4.12. The summed E-state index contributed by atoms with van der Waals surface area (Å²) in [7, 11) is 3.05. The molecule has 8 heteroatoms. The molecule has 2 amide bonds. The van der Waals surface area contributed by atoms with Crippen LogP contribution in [0.15, 0.2) is 47.4 Å². The summed E-state index contributed by atoms with van der Waals surface area (Å²) >= 11 is 1.54. The lowest BCUT2D eigenvalue weighted by atomic mass is 10.2. The maximum absolute atomic E-state index is 12.2. The average molecular weight is 376 g/mol. The van der Waals surface area contributed by atoms with Crippen molar-refractivity contribution in [1.29, 1.82) is 0 Å². The Morgan fingerprint density at radius 2 is 1.65 bits per heavy atom. The molecule has 0 saturated heterocycles. The average Bonchev–Trinajstić information content (AvgIpc) is 2.70. The van der Waals surface area contributed by atoms with Crippen LogP contribution in [0.3, 0.4) is 0 Å². The molecule has 2 rings (SSSR count). The largest absolute Gasteiger partial charge is 0.497 e. The van der Waals surface area contributed by atoms with Gasteiger partial charge in [-0.1, -0.05) is 0 Å². The number of rotatable bonds is 7. The summed E-state index contributed by atoms with van der Waals surface area (Å²) in [4.78, 5) is 25.0. The Morgan fingerprint density at radius 1 is 0.962 bits per heavy atom. The van der Waals surface area contributed by atoms with Gasteiger partial charge < -0.3 is 14.2 Å². The predicted molar refractivity (Wildman–Crippen MR) is 98.9 cm³/mol. The smallest absolute Gasteiger partial charge is 0.276 e. The van der Waals surface area contributed by atoms with E-state index in [1.807, 2.05) is 6.26 Å². The number of hydrazine groups is 1. The lowest BCUT2D eigenvalue weighted by molar-refractivity contribution is -0.123. The van der Waals surface area contributed by atoms with E-state index in [0.29, 0.717) is 22.8 Å². The van der Waals surface area contributed by atoms with E-state index in [0.717, 1.165) is 4.90 Å². The molecule has 0 atom stereocenters. The first kappa shape index (κ1) is 19.5. The van der Waals surface area contributed by atoms with E-state index < -0.39 is 11.8 Å². The van der Waals surface area contributed by atoms with Crippen molar-refractivity contribution in [2.45, 2.75) is 4.90 Å². The number of benzene rings is 2. The summed E-state index contributed by atoms with van der Waals surface area (Å²) in [6.07, 6.45) is 1.93. The van der Waals surface area contributed by atoms with Crippen molar-refractivity contribution in [3.63, 3.8) is 0 Å². The lowest BCUT2D eigenvalue weighted by Crippen LogP contribution is -2.43. The molecule has 0 aliphatic rings. The fraction of sp³-hybridized carbons (Fsp3) is 0.222. The van der Waals surface area contributed by atoms with Gasteiger partial charge in [0.2, 0.25) is 0 Å². The number of carbonyl (C=O) groups is 2. The Hall–Kier alpha value is -2.87. The zero-order chi connectivity index (χ0) is 18.9. The highest BCUT2D eigenvalue weighted by molar-refractivity contribution is 7.98. The number of methoxy groups -OCH3 is 2. The van der Waals surface area contributed by atoms with E-state index in [1.54, 1.807) is 49.6 Å². The molecule has 138 valence electrons. The maximum atomic E-state index is 12.2. The van der Waals surface area contributed by atoms with E-state index in [9.17, 15) is 9.59 Å². The van der Waals surface area contributed by atoms with Crippen molar-refractivity contribution in [2.75, 3.05) is 27.1 Å². The second-order valence-corrected chi connectivity index (χ2v) is 5.91. The van der Waals surface area contributed by atoms with Crippen LogP contribution < -0.4 is 25.1 Å². The third-order valence-electron chi connectivity index (χ3n) is 3.40. The Morgan fingerprint density at radius 3 is 2.27 bits per heavy atom. The van der Waals surface area contributed by atoms with E-state index in [4.69, 9.17) is 14.2 Å². The number of nitrogens with one attached hydrogen (secondary N) is 2. The van der Waals surface area contributed by atoms with Gasteiger partial charge in [0.1, 0.15) is 17.2 Å². The SMILES string of the molecule is COc1ccc(OCC(=O)NNC(=O)c2ccc(SC)cc2OC)cc1. The molecule has 0 fully saturated rings. The quantitative estimate of drug-likeness (QED) is 0.570. The number of hydrogen-bond acceptors (Lipinski definition) is 6. The summed E-state index contributed by atoms with van der Waals surface area (Å²) in [5, 5.41) is 0. The molecule has 2 aromatic rings. The minimum absolute atomic E-state index is 0.241. The molecule has 26 heavy (non-hydrogen) atoms. The van der Waals surface area contributed by atoms with E-state index >= 15 is 0 Å². The van der Waals surface area contributed by atoms with Gasteiger partial charge in [-0.15, -0.1) is 11.8 Å². The van der Waals surface area contributed by atoms with Gasteiger partial charge in [-0.3, -0.25) is 20.4 Å². The van der Waals surface area contributed by atoms with Crippen LogP contribution in [0, 0.1) is 0 Å². The standard InChI is InChI=1S/C18H20N2O5S/c1-23-12-4-6-13(7-5-12)25-11-17(21)19-20-18(22)15-9-8-14(26-3)10-16(15)24-2/h4-10H,11H2,1-3H3,(H,19,21)(H,20,22). The predicted octanol–water partition coefficient (Wildman–Crippen LogP) is 2.27. The Balaban J connectivity index is 1.85. The molecule has 0 unspecified atom stereocenters. The number of amides is 2. The van der Waals surface area contributed by atoms with Crippen LogP contribution in [0.1, 0.15) is 10.4 Å². The van der Waals surface area contributed by atoms with Crippen molar-refractivity contribution in [1.82, 2.24) is 10.9 Å². The van der Waals surface area contributed by atoms with Gasteiger partial charge in [-0.05, 0) is 48.7 Å². The molecule has 0 radical (unpaired) electrons. The van der Waals surface area contributed by atoms with Crippen molar-refractivity contribution < 1.29 is 23.8 Å². The monoisotopic (exact) mass is 376 g/mol. The van der Waals surface area contributed by atoms with Crippen molar-refractivity contribution in [2.24, 2.45) is 0 Å². The van der Waals surface area contributed by atoms with E-state index in [-0.39, 0.29) is 6.61 Å². The normalized spacial score (nSPS) is 9.96. The molecule has 0 aliphatic carbocycles. The van der Waals surface area contributed by atoms with Gasteiger partial charge in [-0.25, -0.2) is 0 Å². The van der Waals surface area contributed by atoms with Gasteiger partial charge in [0.05, 0.1) is 19.8 Å². The van der Waals surface area contributed by atoms with Crippen LogP contribution in [0.2, 0.25) is 0 Å². The van der Waals surface area contributed by atoms with Crippen molar-refractivity contribution in [3.05, 3.63) is 48.0 Å². The molecular weight excluding hydrogens is 356 g/mol. The van der Waals surface area contributed by atoms with Crippen molar-refractivity contribution >= 4 is 23.6 Å². The molecule has 7 nitrogen and oxygen atoms in total. The van der Waals surface area contributed by atoms with Gasteiger partial charge in [-0.2, -0.15) is 0 Å². The first-order valence-corrected chi connectivity index (χ1v) is 8.88. The van der Waals surface area contributed by atoms with Gasteiger partial charge in [0, 0.05) is 4.90 Å². The molecule has 2 N–H and O–H groups in total. The van der Waals surface area contributed by atoms with Crippen LogP contribution in [0.5, 0.6) is 17.2 Å². The number of ether oxygens (including phenoxy) is 3. The fourth-order valence-corrected chi connectivity index (χ4v) is 2.47. The van der Waals surface area contributed by atoms with Crippen LogP contribution in [0.25, 0.3) is 0 Å². The Kier molecular flexibility index (Phi) is 7.16. The van der Waals surface area contributed by atoms with E-state index in [1.165, 1.54) is 18.9 Å². The minimum atomic E-state index is -0.492. The van der Waals surface area contributed by atoms with Crippen LogP contribution >= 0.6 is 11.8 Å². The first-order valence-electron chi connectivity index (χ1n) is 7.65. The zero-order valence-corrected chi connectivity index (χ0v) is 15.5. The zero-order valence-electron chi connectivity index (χ0n) is 14.7. The van der Waals surface area contributed by atoms with Crippen LogP contribution in [-0.4, -0.2) is 38.9 Å². The molecule has 0 saturated carbocycles. The third kappa shape index (κ3) is 5.32.